The van der Waals surface area contributed by atoms with E-state index in [9.17, 15) is 9.59 Å². The number of aryl methyl sites for hydroxylation is 1. The van der Waals surface area contributed by atoms with Gasteiger partial charge in [-0.1, -0.05) is 20.8 Å². The van der Waals surface area contributed by atoms with Crippen molar-refractivity contribution in [1.82, 2.24) is 19.9 Å². The summed E-state index contributed by atoms with van der Waals surface area (Å²) in [5.41, 5.74) is 6.25. The molecule has 1 spiro atoms. The number of nitrogens with one attached hydrogen (secondary N) is 2. The van der Waals surface area contributed by atoms with Crippen molar-refractivity contribution in [2.24, 2.45) is 16.7 Å². The van der Waals surface area contributed by atoms with E-state index in [0.717, 1.165) is 24.8 Å². The van der Waals surface area contributed by atoms with Gasteiger partial charge in [0, 0.05) is 11.5 Å². The van der Waals surface area contributed by atoms with E-state index in [1.165, 1.54) is 6.33 Å². The standard InChI is InChI=1S/C21H26N6O2/c1-11-7-13(25-15-8-14(22)23-10-24-15)18(29)27-16(11)17(28)26-21(27)9-12-5-6-20(21,4)19(12,2)3/h7-8,10,12H,5-6,9H2,1-4H3,(H,26,28)(H3,22,23,24,25). The van der Waals surface area contributed by atoms with Crippen molar-refractivity contribution >= 4 is 23.2 Å². The number of aromatic nitrogens is 3. The van der Waals surface area contributed by atoms with E-state index in [1.807, 2.05) is 6.92 Å². The van der Waals surface area contributed by atoms with Gasteiger partial charge in [-0.15, -0.1) is 0 Å². The van der Waals surface area contributed by atoms with Crippen LogP contribution in [0.3, 0.4) is 0 Å². The Morgan fingerprint density at radius 3 is 2.62 bits per heavy atom. The monoisotopic (exact) mass is 394 g/mol. The highest BCUT2D eigenvalue weighted by Gasteiger charge is 2.72. The van der Waals surface area contributed by atoms with Crippen LogP contribution >= 0.6 is 0 Å². The number of fused-ring (bicyclic) bond motifs is 5. The van der Waals surface area contributed by atoms with Crippen molar-refractivity contribution in [2.75, 3.05) is 11.1 Å². The number of amides is 1. The van der Waals surface area contributed by atoms with Crippen LogP contribution in [0.2, 0.25) is 0 Å². The molecule has 3 unspecified atom stereocenters. The van der Waals surface area contributed by atoms with Crippen LogP contribution in [0.15, 0.2) is 23.3 Å². The lowest BCUT2D eigenvalue weighted by Crippen LogP contribution is -2.58. The lowest BCUT2D eigenvalue weighted by atomic mass is 9.66. The normalized spacial score (nSPS) is 31.2. The third-order valence-electron chi connectivity index (χ3n) is 8.15. The Morgan fingerprint density at radius 2 is 2.00 bits per heavy atom. The van der Waals surface area contributed by atoms with Gasteiger partial charge in [0.2, 0.25) is 0 Å². The van der Waals surface area contributed by atoms with Crippen LogP contribution < -0.4 is 21.9 Å². The number of nitrogens with zero attached hydrogens (tertiary/aromatic N) is 3. The molecule has 2 fully saturated rings. The molecule has 2 aliphatic carbocycles. The SMILES string of the molecule is Cc1cc(Nc2cc(N)ncn2)c(=O)n2c1C(=O)NC21CC2CCC1(C)C2(C)C. The lowest BCUT2D eigenvalue weighted by Gasteiger charge is -2.47. The van der Waals surface area contributed by atoms with E-state index < -0.39 is 5.66 Å². The first kappa shape index (κ1) is 18.1. The lowest BCUT2D eigenvalue weighted by molar-refractivity contribution is 0.00949. The second-order valence-corrected chi connectivity index (χ2v) is 9.49. The van der Waals surface area contributed by atoms with Crippen LogP contribution in [-0.2, 0) is 5.66 Å². The van der Waals surface area contributed by atoms with E-state index in [4.69, 9.17) is 5.73 Å². The molecule has 3 aliphatic rings. The predicted molar refractivity (Wildman–Crippen MR) is 110 cm³/mol. The van der Waals surface area contributed by atoms with Crippen molar-refractivity contribution in [1.29, 1.82) is 0 Å². The van der Waals surface area contributed by atoms with Gasteiger partial charge < -0.3 is 16.4 Å². The minimum absolute atomic E-state index is 0.0276. The van der Waals surface area contributed by atoms with Gasteiger partial charge in [-0.3, -0.25) is 14.2 Å². The van der Waals surface area contributed by atoms with E-state index in [2.05, 4.69) is 41.4 Å². The number of nitrogens with two attached hydrogens (primary N) is 1. The number of rotatable bonds is 2. The molecule has 2 aromatic heterocycles. The molecule has 4 N–H and O–H groups in total. The van der Waals surface area contributed by atoms with E-state index in [-0.39, 0.29) is 22.3 Å². The quantitative estimate of drug-likeness (QED) is 0.721. The molecule has 29 heavy (non-hydrogen) atoms. The van der Waals surface area contributed by atoms with Crippen molar-refractivity contribution in [3.05, 3.63) is 40.1 Å². The second kappa shape index (κ2) is 5.37. The molecule has 0 saturated heterocycles. The van der Waals surface area contributed by atoms with Gasteiger partial charge >= 0.3 is 0 Å². The van der Waals surface area contributed by atoms with E-state index in [0.29, 0.717) is 28.9 Å². The summed E-state index contributed by atoms with van der Waals surface area (Å²) in [4.78, 5) is 34.7. The molecule has 2 saturated carbocycles. The van der Waals surface area contributed by atoms with Gasteiger partial charge in [-0.25, -0.2) is 9.97 Å². The van der Waals surface area contributed by atoms with Gasteiger partial charge in [-0.05, 0) is 49.1 Å². The average Bonchev–Trinajstić information content (AvgIpc) is 3.12. The first-order valence-electron chi connectivity index (χ1n) is 10.0. The highest BCUT2D eigenvalue weighted by molar-refractivity contribution is 5.97. The minimum Gasteiger partial charge on any atom is -0.384 e. The fraction of sp³-hybridized carbons (Fsp3) is 0.524. The zero-order chi connectivity index (χ0) is 20.8. The summed E-state index contributed by atoms with van der Waals surface area (Å²) < 4.78 is 1.73. The van der Waals surface area contributed by atoms with Crippen molar-refractivity contribution in [2.45, 2.75) is 52.6 Å². The van der Waals surface area contributed by atoms with Crippen LogP contribution in [0, 0.1) is 23.7 Å². The maximum atomic E-state index is 13.7. The maximum absolute atomic E-state index is 13.7. The molecule has 1 amide bonds. The molecule has 152 valence electrons. The topological polar surface area (TPSA) is 115 Å². The Labute approximate surface area is 168 Å². The molecule has 3 atom stereocenters. The van der Waals surface area contributed by atoms with Gasteiger partial charge in [0.05, 0.1) is 0 Å². The van der Waals surface area contributed by atoms with Crippen LogP contribution in [0.5, 0.6) is 0 Å². The summed E-state index contributed by atoms with van der Waals surface area (Å²) in [5, 5.41) is 6.33. The summed E-state index contributed by atoms with van der Waals surface area (Å²) in [6.45, 7) is 8.63. The Morgan fingerprint density at radius 1 is 1.24 bits per heavy atom. The fourth-order valence-electron chi connectivity index (χ4n) is 6.16. The summed E-state index contributed by atoms with van der Waals surface area (Å²) in [5.74, 6) is 1.06. The molecule has 8 nitrogen and oxygen atoms in total. The Balaban J connectivity index is 1.71. The third kappa shape index (κ3) is 2.04. The first-order valence-corrected chi connectivity index (χ1v) is 10.0. The van der Waals surface area contributed by atoms with E-state index >= 15 is 0 Å². The fourth-order valence-corrected chi connectivity index (χ4v) is 6.16. The van der Waals surface area contributed by atoms with Gasteiger partial charge in [0.25, 0.3) is 11.5 Å². The zero-order valence-corrected chi connectivity index (χ0v) is 17.2. The number of hydrogen-bond acceptors (Lipinski definition) is 6. The average molecular weight is 394 g/mol. The van der Waals surface area contributed by atoms with Crippen LogP contribution in [0.25, 0.3) is 0 Å². The zero-order valence-electron chi connectivity index (χ0n) is 17.2. The highest BCUT2D eigenvalue weighted by atomic mass is 16.2. The number of anilines is 3. The molecule has 1 aliphatic heterocycles. The number of pyridine rings is 1. The number of carbonyl (C=O) groups excluding carboxylic acids is 1. The van der Waals surface area contributed by atoms with Gasteiger partial charge in [0.15, 0.2) is 0 Å². The number of hydrogen-bond donors (Lipinski definition) is 3. The summed E-state index contributed by atoms with van der Waals surface area (Å²) in [7, 11) is 0. The summed E-state index contributed by atoms with van der Waals surface area (Å²) in [6.07, 6.45) is 4.23. The highest BCUT2D eigenvalue weighted by Crippen LogP contribution is 2.71. The van der Waals surface area contributed by atoms with Crippen molar-refractivity contribution in [3.63, 3.8) is 0 Å². The molecule has 2 aromatic rings. The maximum Gasteiger partial charge on any atom is 0.276 e. The molecule has 8 heteroatoms. The largest absolute Gasteiger partial charge is 0.384 e. The van der Waals surface area contributed by atoms with Crippen molar-refractivity contribution < 1.29 is 4.79 Å². The number of nitrogen functional groups attached to an aromatic ring is 1. The third-order valence-corrected chi connectivity index (χ3v) is 8.15. The van der Waals surface area contributed by atoms with Crippen LogP contribution in [-0.4, -0.2) is 20.4 Å². The minimum atomic E-state index is -0.698. The van der Waals surface area contributed by atoms with Crippen molar-refractivity contribution in [3.8, 4) is 0 Å². The Hall–Kier alpha value is -2.90. The molecular formula is C21H26N6O2. The first-order chi connectivity index (χ1) is 13.6. The number of carbonyl (C=O) groups is 1. The predicted octanol–water partition coefficient (Wildman–Crippen LogP) is 2.51. The van der Waals surface area contributed by atoms with E-state index in [1.54, 1.807) is 16.7 Å². The Kier molecular flexibility index (Phi) is 3.36. The Bertz CT molecular complexity index is 1120. The van der Waals surface area contributed by atoms with Crippen LogP contribution in [0.1, 0.15) is 56.1 Å². The summed E-state index contributed by atoms with van der Waals surface area (Å²) >= 11 is 0. The molecular weight excluding hydrogens is 368 g/mol. The van der Waals surface area contributed by atoms with Gasteiger partial charge in [-0.2, -0.15) is 0 Å². The van der Waals surface area contributed by atoms with Crippen LogP contribution in [0.4, 0.5) is 17.3 Å². The molecule has 5 rings (SSSR count). The van der Waals surface area contributed by atoms with Gasteiger partial charge in [0.1, 0.15) is 35.0 Å². The summed E-state index contributed by atoms with van der Waals surface area (Å²) in [6, 6.07) is 3.29. The molecule has 3 heterocycles. The second-order valence-electron chi connectivity index (χ2n) is 9.49. The molecule has 0 radical (unpaired) electrons. The smallest absolute Gasteiger partial charge is 0.276 e. The molecule has 2 bridgehead atoms. The molecule has 0 aromatic carbocycles.